The summed E-state index contributed by atoms with van der Waals surface area (Å²) in [5.74, 6) is 0.325. The van der Waals surface area contributed by atoms with Crippen LogP contribution >= 0.6 is 0 Å². The highest BCUT2D eigenvalue weighted by atomic mass is 16.3. The number of phenolic OH excluding ortho intramolecular Hbond substituents is 1. The fourth-order valence-corrected chi connectivity index (χ4v) is 2.27. The molecule has 0 saturated carbocycles. The fourth-order valence-electron chi connectivity index (χ4n) is 2.27. The molecule has 0 radical (unpaired) electrons. The van der Waals surface area contributed by atoms with Crippen molar-refractivity contribution >= 4 is 0 Å². The topological polar surface area (TPSA) is 32.3 Å². The van der Waals surface area contributed by atoms with Gasteiger partial charge in [0.1, 0.15) is 5.75 Å². The van der Waals surface area contributed by atoms with Crippen molar-refractivity contribution in [3.05, 3.63) is 65.7 Å². The smallest absolute Gasteiger partial charge is 0.115 e. The molecule has 2 aromatic carbocycles. The summed E-state index contributed by atoms with van der Waals surface area (Å²) >= 11 is 0. The normalized spacial score (nSPS) is 12.3. The average molecular weight is 255 g/mol. The zero-order valence-electron chi connectivity index (χ0n) is 11.3. The standard InChI is InChI=1S/C17H21NO/c1-2-7-17(15-9-4-3-5-10-15)18-13-14-8-6-11-16(19)12-14/h3-6,8-12,17-19H,2,7,13H2,1H3. The van der Waals surface area contributed by atoms with Gasteiger partial charge in [-0.3, -0.25) is 0 Å². The van der Waals surface area contributed by atoms with E-state index in [2.05, 4.69) is 36.5 Å². The number of hydrogen-bond donors (Lipinski definition) is 2. The molecule has 2 nitrogen and oxygen atoms in total. The maximum atomic E-state index is 9.47. The number of phenols is 1. The zero-order chi connectivity index (χ0) is 13.5. The minimum Gasteiger partial charge on any atom is -0.508 e. The molecule has 2 heteroatoms. The van der Waals surface area contributed by atoms with Gasteiger partial charge in [0.2, 0.25) is 0 Å². The molecule has 1 unspecified atom stereocenters. The molecule has 0 aliphatic heterocycles. The third-order valence-electron chi connectivity index (χ3n) is 3.24. The van der Waals surface area contributed by atoms with Crippen LogP contribution in [0.15, 0.2) is 54.6 Å². The Hall–Kier alpha value is -1.80. The van der Waals surface area contributed by atoms with Crippen LogP contribution in [0.5, 0.6) is 5.75 Å². The van der Waals surface area contributed by atoms with Crippen LogP contribution in [-0.4, -0.2) is 5.11 Å². The summed E-state index contributed by atoms with van der Waals surface area (Å²) < 4.78 is 0. The first-order chi connectivity index (χ1) is 9.29. The SMILES string of the molecule is CCCC(NCc1cccc(O)c1)c1ccccc1. The monoisotopic (exact) mass is 255 g/mol. The van der Waals surface area contributed by atoms with Crippen molar-refractivity contribution in [2.45, 2.75) is 32.4 Å². The summed E-state index contributed by atoms with van der Waals surface area (Å²) in [6, 6.07) is 18.3. The van der Waals surface area contributed by atoms with Gasteiger partial charge >= 0.3 is 0 Å². The van der Waals surface area contributed by atoms with E-state index in [0.29, 0.717) is 11.8 Å². The largest absolute Gasteiger partial charge is 0.508 e. The van der Waals surface area contributed by atoms with E-state index in [0.717, 1.165) is 24.9 Å². The molecule has 0 aromatic heterocycles. The van der Waals surface area contributed by atoms with Crippen molar-refractivity contribution < 1.29 is 5.11 Å². The fraction of sp³-hybridized carbons (Fsp3) is 0.294. The number of nitrogens with one attached hydrogen (secondary N) is 1. The Morgan fingerprint density at radius 1 is 1.05 bits per heavy atom. The van der Waals surface area contributed by atoms with Crippen LogP contribution in [-0.2, 0) is 6.54 Å². The van der Waals surface area contributed by atoms with Crippen molar-refractivity contribution in [2.24, 2.45) is 0 Å². The van der Waals surface area contributed by atoms with Gasteiger partial charge in [0.05, 0.1) is 0 Å². The first-order valence-electron chi connectivity index (χ1n) is 6.86. The van der Waals surface area contributed by atoms with Gasteiger partial charge in [-0.15, -0.1) is 0 Å². The lowest BCUT2D eigenvalue weighted by molar-refractivity contribution is 0.470. The van der Waals surface area contributed by atoms with Crippen molar-refractivity contribution in [1.29, 1.82) is 0 Å². The summed E-state index contributed by atoms with van der Waals surface area (Å²) in [6.45, 7) is 2.97. The van der Waals surface area contributed by atoms with Crippen LogP contribution in [0, 0.1) is 0 Å². The first-order valence-corrected chi connectivity index (χ1v) is 6.86. The van der Waals surface area contributed by atoms with E-state index in [1.807, 2.05) is 18.2 Å². The molecule has 0 amide bonds. The van der Waals surface area contributed by atoms with E-state index >= 15 is 0 Å². The quantitative estimate of drug-likeness (QED) is 0.817. The summed E-state index contributed by atoms with van der Waals surface area (Å²) in [6.07, 6.45) is 2.26. The molecule has 2 N–H and O–H groups in total. The molecule has 0 aliphatic carbocycles. The molecule has 0 aliphatic rings. The molecule has 2 rings (SSSR count). The van der Waals surface area contributed by atoms with Crippen LogP contribution in [0.2, 0.25) is 0 Å². The van der Waals surface area contributed by atoms with Crippen molar-refractivity contribution in [2.75, 3.05) is 0 Å². The first kappa shape index (κ1) is 13.6. The minimum atomic E-state index is 0.325. The molecule has 0 heterocycles. The number of rotatable bonds is 6. The predicted octanol–water partition coefficient (Wildman–Crippen LogP) is 4.02. The lowest BCUT2D eigenvalue weighted by Gasteiger charge is -2.18. The Bertz CT molecular complexity index is 496. The number of aromatic hydroxyl groups is 1. The van der Waals surface area contributed by atoms with E-state index in [9.17, 15) is 5.11 Å². The highest BCUT2D eigenvalue weighted by Crippen LogP contribution is 2.19. The zero-order valence-corrected chi connectivity index (χ0v) is 11.3. The molecule has 0 bridgehead atoms. The van der Waals surface area contributed by atoms with Gasteiger partial charge in [-0.25, -0.2) is 0 Å². The van der Waals surface area contributed by atoms with Crippen LogP contribution in [0.1, 0.15) is 36.9 Å². The van der Waals surface area contributed by atoms with Gasteiger partial charge in [-0.05, 0) is 29.7 Å². The van der Waals surface area contributed by atoms with E-state index in [-0.39, 0.29) is 0 Å². The molecule has 0 saturated heterocycles. The molecule has 19 heavy (non-hydrogen) atoms. The van der Waals surface area contributed by atoms with Crippen LogP contribution in [0.4, 0.5) is 0 Å². The Morgan fingerprint density at radius 2 is 1.84 bits per heavy atom. The van der Waals surface area contributed by atoms with Gasteiger partial charge in [0, 0.05) is 12.6 Å². The van der Waals surface area contributed by atoms with Crippen LogP contribution in [0.3, 0.4) is 0 Å². The van der Waals surface area contributed by atoms with E-state index in [4.69, 9.17) is 0 Å². The second-order valence-corrected chi connectivity index (χ2v) is 4.80. The Kier molecular flexibility index (Phi) is 4.99. The molecular weight excluding hydrogens is 234 g/mol. The summed E-state index contributed by atoms with van der Waals surface area (Å²) in [4.78, 5) is 0. The molecule has 0 spiro atoms. The molecular formula is C17H21NO. The van der Waals surface area contributed by atoms with Crippen molar-refractivity contribution in [3.8, 4) is 5.75 Å². The van der Waals surface area contributed by atoms with Gasteiger partial charge in [0.15, 0.2) is 0 Å². The van der Waals surface area contributed by atoms with Gasteiger partial charge in [-0.1, -0.05) is 55.8 Å². The van der Waals surface area contributed by atoms with E-state index in [1.165, 1.54) is 5.56 Å². The van der Waals surface area contributed by atoms with Crippen molar-refractivity contribution in [3.63, 3.8) is 0 Å². The molecule has 2 aromatic rings. The lowest BCUT2D eigenvalue weighted by Crippen LogP contribution is -2.20. The third kappa shape index (κ3) is 4.11. The Morgan fingerprint density at radius 3 is 2.53 bits per heavy atom. The Labute approximate surface area is 115 Å². The lowest BCUT2D eigenvalue weighted by atomic mass is 10.0. The summed E-state index contributed by atoms with van der Waals surface area (Å²) in [5.41, 5.74) is 2.43. The second-order valence-electron chi connectivity index (χ2n) is 4.80. The minimum absolute atomic E-state index is 0.325. The highest BCUT2D eigenvalue weighted by molar-refractivity contribution is 5.27. The maximum Gasteiger partial charge on any atom is 0.115 e. The third-order valence-corrected chi connectivity index (χ3v) is 3.24. The van der Waals surface area contributed by atoms with E-state index < -0.39 is 0 Å². The summed E-state index contributed by atoms with van der Waals surface area (Å²) in [7, 11) is 0. The highest BCUT2D eigenvalue weighted by Gasteiger charge is 2.09. The van der Waals surface area contributed by atoms with Gasteiger partial charge < -0.3 is 10.4 Å². The number of hydrogen-bond acceptors (Lipinski definition) is 2. The average Bonchev–Trinajstić information content (AvgIpc) is 2.44. The van der Waals surface area contributed by atoms with Crippen LogP contribution < -0.4 is 5.32 Å². The second kappa shape index (κ2) is 6.95. The summed E-state index contributed by atoms with van der Waals surface area (Å²) in [5, 5.41) is 13.0. The van der Waals surface area contributed by atoms with Gasteiger partial charge in [0.25, 0.3) is 0 Å². The molecule has 100 valence electrons. The predicted molar refractivity (Wildman–Crippen MR) is 79.0 cm³/mol. The molecule has 1 atom stereocenters. The van der Waals surface area contributed by atoms with Crippen LogP contribution in [0.25, 0.3) is 0 Å². The van der Waals surface area contributed by atoms with E-state index in [1.54, 1.807) is 12.1 Å². The number of benzene rings is 2. The molecule has 0 fully saturated rings. The maximum absolute atomic E-state index is 9.47. The van der Waals surface area contributed by atoms with Crippen molar-refractivity contribution in [1.82, 2.24) is 5.32 Å². The van der Waals surface area contributed by atoms with Gasteiger partial charge in [-0.2, -0.15) is 0 Å². The Balaban J connectivity index is 2.01.